The van der Waals surface area contributed by atoms with Crippen molar-refractivity contribution in [3.05, 3.63) is 28.8 Å². The number of nitrogen functional groups attached to an aromatic ring is 1. The molecule has 0 aliphatic heterocycles. The van der Waals surface area contributed by atoms with Crippen LogP contribution in [0.2, 0.25) is 5.02 Å². The Morgan fingerprint density at radius 1 is 1.41 bits per heavy atom. The molecular formula is C13H19ClN2O. The van der Waals surface area contributed by atoms with Crippen molar-refractivity contribution in [3.63, 3.8) is 0 Å². The largest absolute Gasteiger partial charge is 0.398 e. The summed E-state index contributed by atoms with van der Waals surface area (Å²) in [7, 11) is 0. The normalized spacial score (nSPS) is 13.2. The van der Waals surface area contributed by atoms with Gasteiger partial charge in [0.25, 0.3) is 5.91 Å². The summed E-state index contributed by atoms with van der Waals surface area (Å²) in [6, 6.07) is 5.09. The molecule has 1 aromatic carbocycles. The number of hydrogen-bond acceptors (Lipinski definition) is 2. The molecule has 0 fully saturated rings. The van der Waals surface area contributed by atoms with Crippen LogP contribution < -0.4 is 11.1 Å². The van der Waals surface area contributed by atoms with Gasteiger partial charge in [-0.05, 0) is 24.5 Å². The molecule has 17 heavy (non-hydrogen) atoms. The van der Waals surface area contributed by atoms with Crippen LogP contribution in [0.4, 0.5) is 5.69 Å². The van der Waals surface area contributed by atoms with Gasteiger partial charge in [-0.1, -0.05) is 38.4 Å². The van der Waals surface area contributed by atoms with Crippen molar-refractivity contribution in [3.8, 4) is 0 Å². The van der Waals surface area contributed by atoms with E-state index in [9.17, 15) is 4.79 Å². The molecule has 0 bridgehead atoms. The smallest absolute Gasteiger partial charge is 0.255 e. The zero-order valence-electron chi connectivity index (χ0n) is 10.7. The Morgan fingerprint density at radius 3 is 2.47 bits per heavy atom. The first-order valence-corrected chi connectivity index (χ1v) is 5.96. The third kappa shape index (κ3) is 3.37. The van der Waals surface area contributed by atoms with E-state index in [0.717, 1.165) is 0 Å². The molecule has 0 aromatic heterocycles. The standard InChI is InChI=1S/C13H19ClN2O/c1-8(13(2,3)4)16-12(17)11-9(14)6-5-7-10(11)15/h5-8H,15H2,1-4H3,(H,16,17). The highest BCUT2D eigenvalue weighted by molar-refractivity contribution is 6.34. The number of hydrogen-bond donors (Lipinski definition) is 2. The number of benzene rings is 1. The van der Waals surface area contributed by atoms with E-state index >= 15 is 0 Å². The van der Waals surface area contributed by atoms with Gasteiger partial charge in [0.15, 0.2) is 0 Å². The number of rotatable bonds is 2. The minimum atomic E-state index is -0.226. The average Bonchev–Trinajstić information content (AvgIpc) is 2.15. The van der Waals surface area contributed by atoms with Crippen LogP contribution in [0.1, 0.15) is 38.1 Å². The Kier molecular flexibility index (Phi) is 4.04. The molecule has 4 heteroatoms. The molecule has 3 N–H and O–H groups in total. The highest BCUT2D eigenvalue weighted by atomic mass is 35.5. The Hall–Kier alpha value is -1.22. The first-order chi connectivity index (χ1) is 7.73. The maximum Gasteiger partial charge on any atom is 0.255 e. The average molecular weight is 255 g/mol. The molecule has 1 unspecified atom stereocenters. The molecular weight excluding hydrogens is 236 g/mol. The summed E-state index contributed by atoms with van der Waals surface area (Å²) in [5.74, 6) is -0.226. The van der Waals surface area contributed by atoms with Crippen LogP contribution in [-0.4, -0.2) is 11.9 Å². The van der Waals surface area contributed by atoms with E-state index in [-0.39, 0.29) is 17.4 Å². The van der Waals surface area contributed by atoms with Gasteiger partial charge in [-0.2, -0.15) is 0 Å². The lowest BCUT2D eigenvalue weighted by Gasteiger charge is -2.28. The van der Waals surface area contributed by atoms with Gasteiger partial charge in [0, 0.05) is 11.7 Å². The third-order valence-corrected chi connectivity index (χ3v) is 3.23. The molecule has 94 valence electrons. The fourth-order valence-electron chi connectivity index (χ4n) is 1.27. The zero-order valence-corrected chi connectivity index (χ0v) is 11.4. The lowest BCUT2D eigenvalue weighted by Crippen LogP contribution is -2.41. The summed E-state index contributed by atoms with van der Waals surface area (Å²) in [4.78, 5) is 12.1. The molecule has 1 atom stereocenters. The van der Waals surface area contributed by atoms with Crippen molar-refractivity contribution in [1.82, 2.24) is 5.32 Å². The van der Waals surface area contributed by atoms with Gasteiger partial charge in [0.2, 0.25) is 0 Å². The van der Waals surface area contributed by atoms with E-state index in [2.05, 4.69) is 26.1 Å². The van der Waals surface area contributed by atoms with Crippen molar-refractivity contribution < 1.29 is 4.79 Å². The second-order valence-electron chi connectivity index (χ2n) is 5.27. The van der Waals surface area contributed by atoms with Crippen LogP contribution in [0, 0.1) is 5.41 Å². The summed E-state index contributed by atoms with van der Waals surface area (Å²) in [5, 5.41) is 3.29. The van der Waals surface area contributed by atoms with Crippen LogP contribution in [0.5, 0.6) is 0 Å². The second-order valence-corrected chi connectivity index (χ2v) is 5.67. The molecule has 0 radical (unpaired) electrons. The SMILES string of the molecule is CC(NC(=O)c1c(N)cccc1Cl)C(C)(C)C. The predicted octanol–water partition coefficient (Wildman–Crippen LogP) is 3.09. The van der Waals surface area contributed by atoms with Gasteiger partial charge in [-0.3, -0.25) is 4.79 Å². The maximum absolute atomic E-state index is 12.1. The molecule has 0 spiro atoms. The molecule has 1 rings (SSSR count). The quantitative estimate of drug-likeness (QED) is 0.797. The molecule has 1 amide bonds. The van der Waals surface area contributed by atoms with Crippen molar-refractivity contribution in [2.45, 2.75) is 33.7 Å². The fourth-order valence-corrected chi connectivity index (χ4v) is 1.53. The van der Waals surface area contributed by atoms with Crippen LogP contribution >= 0.6 is 11.6 Å². The summed E-state index contributed by atoms with van der Waals surface area (Å²) in [6.45, 7) is 8.15. The van der Waals surface area contributed by atoms with Crippen LogP contribution in [-0.2, 0) is 0 Å². The Bertz CT molecular complexity index is 404. The van der Waals surface area contributed by atoms with Gasteiger partial charge >= 0.3 is 0 Å². The zero-order chi connectivity index (χ0) is 13.2. The second kappa shape index (κ2) is 4.96. The minimum Gasteiger partial charge on any atom is -0.398 e. The summed E-state index contributed by atoms with van der Waals surface area (Å²) < 4.78 is 0. The monoisotopic (exact) mass is 254 g/mol. The Balaban J connectivity index is 2.92. The number of nitrogens with one attached hydrogen (secondary N) is 1. The summed E-state index contributed by atoms with van der Waals surface area (Å²) in [6.07, 6.45) is 0. The van der Waals surface area contributed by atoms with E-state index in [1.165, 1.54) is 0 Å². The summed E-state index contributed by atoms with van der Waals surface area (Å²) >= 11 is 5.98. The lowest BCUT2D eigenvalue weighted by atomic mass is 9.88. The Morgan fingerprint density at radius 2 is 2.00 bits per heavy atom. The summed E-state index contributed by atoms with van der Waals surface area (Å²) in [5.41, 5.74) is 6.50. The lowest BCUT2D eigenvalue weighted by molar-refractivity contribution is 0.0911. The van der Waals surface area contributed by atoms with Crippen molar-refractivity contribution >= 4 is 23.2 Å². The van der Waals surface area contributed by atoms with Gasteiger partial charge in [-0.25, -0.2) is 0 Å². The van der Waals surface area contributed by atoms with Gasteiger partial charge < -0.3 is 11.1 Å². The maximum atomic E-state index is 12.1. The highest BCUT2D eigenvalue weighted by Crippen LogP contribution is 2.24. The number of carbonyl (C=O) groups is 1. The molecule has 0 heterocycles. The van der Waals surface area contributed by atoms with Gasteiger partial charge in [-0.15, -0.1) is 0 Å². The minimum absolute atomic E-state index is 0.00826. The van der Waals surface area contributed by atoms with E-state index < -0.39 is 0 Å². The number of amides is 1. The number of halogens is 1. The van der Waals surface area contributed by atoms with Gasteiger partial charge in [0.05, 0.1) is 10.6 Å². The Labute approximate surface area is 107 Å². The number of anilines is 1. The molecule has 3 nitrogen and oxygen atoms in total. The number of carbonyl (C=O) groups excluding carboxylic acids is 1. The van der Waals surface area contributed by atoms with Crippen LogP contribution in [0.25, 0.3) is 0 Å². The number of nitrogens with two attached hydrogens (primary N) is 1. The van der Waals surface area contributed by atoms with Gasteiger partial charge in [0.1, 0.15) is 0 Å². The van der Waals surface area contributed by atoms with Crippen LogP contribution in [0.3, 0.4) is 0 Å². The van der Waals surface area contributed by atoms with Crippen molar-refractivity contribution in [2.75, 3.05) is 5.73 Å². The van der Waals surface area contributed by atoms with Crippen LogP contribution in [0.15, 0.2) is 18.2 Å². The van der Waals surface area contributed by atoms with Crippen molar-refractivity contribution in [2.24, 2.45) is 5.41 Å². The molecule has 0 saturated heterocycles. The van der Waals surface area contributed by atoms with E-state index in [1.54, 1.807) is 18.2 Å². The fraction of sp³-hybridized carbons (Fsp3) is 0.462. The topological polar surface area (TPSA) is 55.1 Å². The molecule has 1 aromatic rings. The van der Waals surface area contributed by atoms with E-state index in [4.69, 9.17) is 17.3 Å². The first kappa shape index (κ1) is 13.8. The first-order valence-electron chi connectivity index (χ1n) is 5.58. The van der Waals surface area contributed by atoms with E-state index in [0.29, 0.717) is 16.3 Å². The molecule has 0 aliphatic rings. The third-order valence-electron chi connectivity index (χ3n) is 2.92. The predicted molar refractivity (Wildman–Crippen MR) is 72.2 cm³/mol. The molecule has 0 aliphatic carbocycles. The molecule has 0 saturated carbocycles. The highest BCUT2D eigenvalue weighted by Gasteiger charge is 2.23. The van der Waals surface area contributed by atoms with E-state index in [1.807, 2.05) is 6.92 Å². The van der Waals surface area contributed by atoms with Crippen molar-refractivity contribution in [1.29, 1.82) is 0 Å².